The largest absolute Gasteiger partial charge is 0.497 e. The summed E-state index contributed by atoms with van der Waals surface area (Å²) in [5, 5.41) is 11.6. The first-order chi connectivity index (χ1) is 8.08. The highest BCUT2D eigenvalue weighted by molar-refractivity contribution is 5.91. The Bertz CT molecular complexity index is 518. The van der Waals surface area contributed by atoms with Crippen LogP contribution < -0.4 is 4.74 Å². The first-order valence-corrected chi connectivity index (χ1v) is 4.42. The lowest BCUT2D eigenvalue weighted by molar-refractivity contribution is -0.132. The average molecular weight is 237 g/mol. The van der Waals surface area contributed by atoms with Crippen LogP contribution in [0.3, 0.4) is 0 Å². The molecule has 0 saturated heterocycles. The van der Waals surface area contributed by atoms with Crippen molar-refractivity contribution in [3.63, 3.8) is 0 Å². The zero-order chi connectivity index (χ0) is 12.8. The topological polar surface area (TPSA) is 95.3 Å². The summed E-state index contributed by atoms with van der Waals surface area (Å²) in [6.07, 6.45) is 0.941. The van der Waals surface area contributed by atoms with Crippen molar-refractivity contribution in [1.29, 1.82) is 0 Å². The Morgan fingerprint density at radius 1 is 1.65 bits per heavy atom. The van der Waals surface area contributed by atoms with Crippen LogP contribution in [0.15, 0.2) is 29.0 Å². The second-order valence-corrected chi connectivity index (χ2v) is 2.91. The molecule has 1 aromatic carbocycles. The van der Waals surface area contributed by atoms with Crippen molar-refractivity contribution in [2.45, 2.75) is 0 Å². The van der Waals surface area contributed by atoms with Crippen molar-refractivity contribution in [2.24, 2.45) is 5.11 Å². The molecule has 0 atom stereocenters. The van der Waals surface area contributed by atoms with Crippen LogP contribution in [0, 0.1) is 5.82 Å². The molecular weight excluding hydrogens is 229 g/mol. The normalized spacial score (nSPS) is 10.6. The maximum Gasteiger partial charge on any atom is 0.338 e. The highest BCUT2D eigenvalue weighted by atomic mass is 19.1. The van der Waals surface area contributed by atoms with E-state index in [1.165, 1.54) is 19.2 Å². The third kappa shape index (κ3) is 3.22. The van der Waals surface area contributed by atoms with Gasteiger partial charge in [-0.05, 0) is 23.7 Å². The quantitative estimate of drug-likeness (QED) is 0.377. The number of benzene rings is 1. The minimum atomic E-state index is -1.43. The van der Waals surface area contributed by atoms with Gasteiger partial charge in [-0.2, -0.15) is 0 Å². The number of hydrogen-bond acceptors (Lipinski definition) is 3. The molecule has 0 fully saturated rings. The summed E-state index contributed by atoms with van der Waals surface area (Å²) < 4.78 is 18.2. The molecule has 0 saturated carbocycles. The van der Waals surface area contributed by atoms with Crippen molar-refractivity contribution in [3.8, 4) is 5.75 Å². The molecule has 6 nitrogen and oxygen atoms in total. The molecule has 0 aliphatic heterocycles. The van der Waals surface area contributed by atoms with E-state index in [4.69, 9.17) is 15.4 Å². The maximum atomic E-state index is 13.4. The van der Waals surface area contributed by atoms with Crippen LogP contribution >= 0.6 is 0 Å². The van der Waals surface area contributed by atoms with E-state index in [2.05, 4.69) is 10.0 Å². The smallest absolute Gasteiger partial charge is 0.338 e. The highest BCUT2D eigenvalue weighted by Crippen LogP contribution is 2.19. The standard InChI is InChI=1S/C10H8FN3O3/c1-17-7-3-2-6(8(11)5-7)4-9(10(15)16)13-14-12/h2-5H,1H3,(H,15,16)/b9-4+. The fourth-order valence-corrected chi connectivity index (χ4v) is 1.08. The molecular formula is C10H8FN3O3. The zero-order valence-corrected chi connectivity index (χ0v) is 8.79. The summed E-state index contributed by atoms with van der Waals surface area (Å²) in [6, 6.07) is 3.88. The van der Waals surface area contributed by atoms with Crippen molar-refractivity contribution in [2.75, 3.05) is 7.11 Å². The molecule has 1 rings (SSSR count). The number of methoxy groups -OCH3 is 1. The van der Waals surface area contributed by atoms with Crippen LogP contribution in [-0.4, -0.2) is 18.2 Å². The Morgan fingerprint density at radius 3 is 2.82 bits per heavy atom. The molecule has 1 N–H and O–H groups in total. The van der Waals surface area contributed by atoms with Gasteiger partial charge < -0.3 is 9.84 Å². The summed E-state index contributed by atoms with van der Waals surface area (Å²) >= 11 is 0. The van der Waals surface area contributed by atoms with Gasteiger partial charge in [0.05, 0.1) is 7.11 Å². The van der Waals surface area contributed by atoms with Gasteiger partial charge in [-0.1, -0.05) is 5.11 Å². The Hall–Kier alpha value is -2.53. The molecule has 0 aromatic heterocycles. The Kier molecular flexibility index (Phi) is 4.08. The molecule has 1 aromatic rings. The maximum absolute atomic E-state index is 13.4. The van der Waals surface area contributed by atoms with Crippen molar-refractivity contribution < 1.29 is 19.0 Å². The Morgan fingerprint density at radius 2 is 2.35 bits per heavy atom. The molecule has 0 heterocycles. The minimum Gasteiger partial charge on any atom is -0.497 e. The summed E-state index contributed by atoms with van der Waals surface area (Å²) in [4.78, 5) is 13.0. The molecule has 0 unspecified atom stereocenters. The number of ether oxygens (including phenoxy) is 1. The van der Waals surface area contributed by atoms with E-state index < -0.39 is 17.5 Å². The summed E-state index contributed by atoms with van der Waals surface area (Å²) in [5.74, 6) is -1.80. The highest BCUT2D eigenvalue weighted by Gasteiger charge is 2.07. The zero-order valence-electron chi connectivity index (χ0n) is 8.79. The molecule has 0 aliphatic rings. The molecule has 88 valence electrons. The van der Waals surface area contributed by atoms with Crippen molar-refractivity contribution in [3.05, 3.63) is 45.7 Å². The first-order valence-electron chi connectivity index (χ1n) is 4.42. The number of aliphatic carboxylic acids is 1. The van der Waals surface area contributed by atoms with E-state index in [0.717, 1.165) is 12.1 Å². The number of carbonyl (C=O) groups is 1. The average Bonchev–Trinajstić information content (AvgIpc) is 2.30. The molecule has 0 amide bonds. The van der Waals surface area contributed by atoms with Gasteiger partial charge in [0.25, 0.3) is 0 Å². The third-order valence-corrected chi connectivity index (χ3v) is 1.87. The van der Waals surface area contributed by atoms with Gasteiger partial charge in [0.2, 0.25) is 0 Å². The number of carboxylic acid groups (broad SMARTS) is 1. The molecule has 0 radical (unpaired) electrons. The minimum absolute atomic E-state index is 0.00407. The van der Waals surface area contributed by atoms with Crippen LogP contribution in [0.25, 0.3) is 16.5 Å². The van der Waals surface area contributed by atoms with Gasteiger partial charge in [-0.3, -0.25) is 0 Å². The monoisotopic (exact) mass is 237 g/mol. The second kappa shape index (κ2) is 5.53. The Labute approximate surface area is 95.6 Å². The Balaban J connectivity index is 3.20. The van der Waals surface area contributed by atoms with Crippen molar-refractivity contribution in [1.82, 2.24) is 0 Å². The van der Waals surface area contributed by atoms with Crippen LogP contribution in [0.2, 0.25) is 0 Å². The van der Waals surface area contributed by atoms with E-state index in [9.17, 15) is 9.18 Å². The number of rotatable bonds is 4. The van der Waals surface area contributed by atoms with E-state index in [1.807, 2.05) is 0 Å². The fraction of sp³-hybridized carbons (Fsp3) is 0.100. The van der Waals surface area contributed by atoms with Crippen LogP contribution in [0.1, 0.15) is 5.56 Å². The summed E-state index contributed by atoms with van der Waals surface area (Å²) in [5.41, 5.74) is 7.56. The van der Waals surface area contributed by atoms with E-state index in [-0.39, 0.29) is 5.56 Å². The second-order valence-electron chi connectivity index (χ2n) is 2.91. The van der Waals surface area contributed by atoms with Crippen molar-refractivity contribution >= 4 is 12.0 Å². The first kappa shape index (κ1) is 12.5. The number of hydrogen-bond donors (Lipinski definition) is 1. The summed E-state index contributed by atoms with van der Waals surface area (Å²) in [6.45, 7) is 0. The van der Waals surface area contributed by atoms with Crippen LogP contribution in [0.5, 0.6) is 5.75 Å². The van der Waals surface area contributed by atoms with E-state index in [0.29, 0.717) is 5.75 Å². The molecule has 0 aliphatic carbocycles. The molecule has 0 spiro atoms. The molecule has 0 bridgehead atoms. The van der Waals surface area contributed by atoms with E-state index in [1.54, 1.807) is 0 Å². The third-order valence-electron chi connectivity index (χ3n) is 1.87. The van der Waals surface area contributed by atoms with Gasteiger partial charge in [0.15, 0.2) is 0 Å². The fourth-order valence-electron chi connectivity index (χ4n) is 1.08. The number of halogens is 1. The molecule has 17 heavy (non-hydrogen) atoms. The van der Waals surface area contributed by atoms with Gasteiger partial charge >= 0.3 is 5.97 Å². The van der Waals surface area contributed by atoms with Gasteiger partial charge in [0, 0.05) is 16.5 Å². The van der Waals surface area contributed by atoms with Crippen LogP contribution in [-0.2, 0) is 4.79 Å². The SMILES string of the molecule is COc1ccc(/C=C(/N=[N+]=[N-])C(=O)O)c(F)c1. The van der Waals surface area contributed by atoms with Gasteiger partial charge in [-0.25, -0.2) is 9.18 Å². The predicted octanol–water partition coefficient (Wildman–Crippen LogP) is 2.57. The number of azide groups is 1. The number of carboxylic acids is 1. The molecule has 7 heteroatoms. The van der Waals surface area contributed by atoms with Crippen LogP contribution in [0.4, 0.5) is 4.39 Å². The summed E-state index contributed by atoms with van der Waals surface area (Å²) in [7, 11) is 1.38. The van der Waals surface area contributed by atoms with Gasteiger partial charge in [-0.15, -0.1) is 0 Å². The lowest BCUT2D eigenvalue weighted by atomic mass is 10.1. The van der Waals surface area contributed by atoms with E-state index >= 15 is 0 Å². The van der Waals surface area contributed by atoms with Gasteiger partial charge in [0.1, 0.15) is 17.3 Å². The predicted molar refractivity (Wildman–Crippen MR) is 57.7 cm³/mol. The number of nitrogens with zero attached hydrogens (tertiary/aromatic N) is 3. The lowest BCUT2D eigenvalue weighted by Crippen LogP contribution is -1.97. The lowest BCUT2D eigenvalue weighted by Gasteiger charge is -2.02.